The van der Waals surface area contributed by atoms with Crippen LogP contribution < -0.4 is 0 Å². The van der Waals surface area contributed by atoms with Crippen molar-refractivity contribution in [2.75, 3.05) is 0 Å². The van der Waals surface area contributed by atoms with E-state index >= 15 is 0 Å². The number of carbonyl (C=O) groups is 2. The van der Waals surface area contributed by atoms with Crippen molar-refractivity contribution in [3.63, 3.8) is 0 Å². The number of Topliss-reactive ketones (excluding diaryl/α,β-unsaturated/α-hetero) is 1. The number of ketones is 1. The molecule has 86 valence electrons. The molecule has 4 heteroatoms. The van der Waals surface area contributed by atoms with E-state index in [2.05, 4.69) is 0 Å². The molecule has 0 aliphatic rings. The number of hydrogen-bond donors (Lipinski definition) is 0. The summed E-state index contributed by atoms with van der Waals surface area (Å²) < 4.78 is 4.94. The van der Waals surface area contributed by atoms with Crippen LogP contribution >= 0.6 is 11.6 Å². The van der Waals surface area contributed by atoms with Gasteiger partial charge in [0, 0.05) is 11.4 Å². The second-order valence-electron chi connectivity index (χ2n) is 3.36. The Kier molecular flexibility index (Phi) is 4.99. The molecule has 0 heterocycles. The highest BCUT2D eigenvalue weighted by molar-refractivity contribution is 6.30. The third-order valence-electron chi connectivity index (χ3n) is 2.05. The third kappa shape index (κ3) is 4.45. The normalized spacial score (nSPS) is 9.88. The Labute approximate surface area is 99.4 Å². The molecule has 0 bridgehead atoms. The van der Waals surface area contributed by atoms with Gasteiger partial charge in [-0.3, -0.25) is 9.59 Å². The topological polar surface area (TPSA) is 43.4 Å². The molecule has 1 aromatic rings. The van der Waals surface area contributed by atoms with E-state index < -0.39 is 5.97 Å². The van der Waals surface area contributed by atoms with Crippen molar-refractivity contribution >= 4 is 23.4 Å². The average molecular weight is 241 g/mol. The molecule has 0 aliphatic carbocycles. The maximum Gasteiger partial charge on any atom is 0.313 e. The van der Waals surface area contributed by atoms with E-state index in [0.29, 0.717) is 11.4 Å². The SMILES string of the molecule is CCC(=O)CC(=O)OCc1ccc(Cl)cc1. The van der Waals surface area contributed by atoms with Gasteiger partial charge in [-0.05, 0) is 17.7 Å². The number of hydrogen-bond acceptors (Lipinski definition) is 3. The first-order valence-electron chi connectivity index (χ1n) is 5.03. The van der Waals surface area contributed by atoms with Crippen LogP contribution in [0.4, 0.5) is 0 Å². The van der Waals surface area contributed by atoms with E-state index in [4.69, 9.17) is 16.3 Å². The molecule has 0 aliphatic heterocycles. The molecule has 0 unspecified atom stereocenters. The molecule has 1 aromatic carbocycles. The summed E-state index contributed by atoms with van der Waals surface area (Å²) in [5, 5.41) is 0.635. The minimum atomic E-state index is -0.484. The quantitative estimate of drug-likeness (QED) is 0.587. The van der Waals surface area contributed by atoms with Gasteiger partial charge < -0.3 is 4.74 Å². The van der Waals surface area contributed by atoms with Gasteiger partial charge in [0.1, 0.15) is 18.8 Å². The molecule has 0 atom stereocenters. The van der Waals surface area contributed by atoms with Crippen molar-refractivity contribution in [1.82, 2.24) is 0 Å². The fourth-order valence-electron chi connectivity index (χ4n) is 1.08. The van der Waals surface area contributed by atoms with E-state index in [1.54, 1.807) is 31.2 Å². The van der Waals surface area contributed by atoms with Gasteiger partial charge in [-0.1, -0.05) is 30.7 Å². The summed E-state index contributed by atoms with van der Waals surface area (Å²) >= 11 is 5.71. The summed E-state index contributed by atoms with van der Waals surface area (Å²) in [7, 11) is 0. The van der Waals surface area contributed by atoms with Crippen molar-refractivity contribution < 1.29 is 14.3 Å². The zero-order chi connectivity index (χ0) is 12.0. The van der Waals surface area contributed by atoms with Crippen molar-refractivity contribution in [3.8, 4) is 0 Å². The number of benzene rings is 1. The third-order valence-corrected chi connectivity index (χ3v) is 2.30. The van der Waals surface area contributed by atoms with Gasteiger partial charge in [-0.2, -0.15) is 0 Å². The van der Waals surface area contributed by atoms with Crippen LogP contribution in [0, 0.1) is 0 Å². The van der Waals surface area contributed by atoms with Crippen LogP contribution in [0.1, 0.15) is 25.3 Å². The predicted octanol–water partition coefficient (Wildman–Crippen LogP) is 2.75. The lowest BCUT2D eigenvalue weighted by Crippen LogP contribution is -2.10. The van der Waals surface area contributed by atoms with Crippen LogP contribution in [0.25, 0.3) is 0 Å². The minimum Gasteiger partial charge on any atom is -0.460 e. The molecule has 0 amide bonds. The highest BCUT2D eigenvalue weighted by Crippen LogP contribution is 2.10. The van der Waals surface area contributed by atoms with Gasteiger partial charge in [-0.15, -0.1) is 0 Å². The summed E-state index contributed by atoms with van der Waals surface area (Å²) in [6, 6.07) is 7.00. The lowest BCUT2D eigenvalue weighted by atomic mass is 10.2. The Morgan fingerprint density at radius 1 is 1.25 bits per heavy atom. The molecule has 0 radical (unpaired) electrons. The molecular formula is C12H13ClO3. The summed E-state index contributed by atoms with van der Waals surface area (Å²) in [5.41, 5.74) is 0.849. The zero-order valence-electron chi connectivity index (χ0n) is 9.03. The first kappa shape index (κ1) is 12.7. The molecule has 0 spiro atoms. The van der Waals surface area contributed by atoms with Gasteiger partial charge in [0.25, 0.3) is 0 Å². The van der Waals surface area contributed by atoms with Crippen molar-refractivity contribution in [1.29, 1.82) is 0 Å². The number of ether oxygens (including phenoxy) is 1. The number of esters is 1. The molecule has 0 aromatic heterocycles. The fraction of sp³-hybridized carbons (Fsp3) is 0.333. The molecule has 16 heavy (non-hydrogen) atoms. The van der Waals surface area contributed by atoms with E-state index in [1.165, 1.54) is 0 Å². The lowest BCUT2D eigenvalue weighted by Gasteiger charge is -2.04. The maximum atomic E-state index is 11.2. The molecule has 0 saturated heterocycles. The molecule has 1 rings (SSSR count). The van der Waals surface area contributed by atoms with Crippen LogP contribution in [0.15, 0.2) is 24.3 Å². The highest BCUT2D eigenvalue weighted by Gasteiger charge is 2.08. The largest absolute Gasteiger partial charge is 0.460 e. The van der Waals surface area contributed by atoms with E-state index in [0.717, 1.165) is 5.56 Å². The van der Waals surface area contributed by atoms with Gasteiger partial charge in [0.2, 0.25) is 0 Å². The van der Waals surface area contributed by atoms with Crippen molar-refractivity contribution in [2.45, 2.75) is 26.4 Å². The van der Waals surface area contributed by atoms with Crippen molar-refractivity contribution in [2.24, 2.45) is 0 Å². The van der Waals surface area contributed by atoms with Gasteiger partial charge in [0.15, 0.2) is 0 Å². The molecule has 0 fully saturated rings. The standard InChI is InChI=1S/C12H13ClO3/c1-2-11(14)7-12(15)16-8-9-3-5-10(13)6-4-9/h3-6H,2,7-8H2,1H3. The zero-order valence-corrected chi connectivity index (χ0v) is 9.79. The van der Waals surface area contributed by atoms with Crippen LogP contribution in [0.5, 0.6) is 0 Å². The first-order chi connectivity index (χ1) is 7.61. The minimum absolute atomic E-state index is 0.110. The van der Waals surface area contributed by atoms with Crippen LogP contribution in [-0.2, 0) is 20.9 Å². The Morgan fingerprint density at radius 2 is 1.88 bits per heavy atom. The van der Waals surface area contributed by atoms with Gasteiger partial charge in [-0.25, -0.2) is 0 Å². The first-order valence-corrected chi connectivity index (χ1v) is 5.41. The monoisotopic (exact) mass is 240 g/mol. The summed E-state index contributed by atoms with van der Waals surface area (Å²) in [6.45, 7) is 1.89. The van der Waals surface area contributed by atoms with E-state index in [1.807, 2.05) is 0 Å². The highest BCUT2D eigenvalue weighted by atomic mass is 35.5. The Balaban J connectivity index is 2.37. The summed E-state index contributed by atoms with van der Waals surface area (Å²) in [5.74, 6) is -0.595. The molecule has 0 saturated carbocycles. The Morgan fingerprint density at radius 3 is 2.44 bits per heavy atom. The van der Waals surface area contributed by atoms with Crippen LogP contribution in [-0.4, -0.2) is 11.8 Å². The average Bonchev–Trinajstić information content (AvgIpc) is 2.28. The summed E-state index contributed by atoms with van der Waals surface area (Å²) in [6.07, 6.45) is 0.208. The van der Waals surface area contributed by atoms with Gasteiger partial charge >= 0.3 is 5.97 Å². The smallest absolute Gasteiger partial charge is 0.313 e. The van der Waals surface area contributed by atoms with Crippen LogP contribution in [0.2, 0.25) is 5.02 Å². The van der Waals surface area contributed by atoms with E-state index in [9.17, 15) is 9.59 Å². The van der Waals surface area contributed by atoms with E-state index in [-0.39, 0.29) is 18.8 Å². The maximum absolute atomic E-state index is 11.2. The number of halogens is 1. The predicted molar refractivity (Wildman–Crippen MR) is 61.2 cm³/mol. The second kappa shape index (κ2) is 6.28. The van der Waals surface area contributed by atoms with Gasteiger partial charge in [0.05, 0.1) is 0 Å². The number of carbonyl (C=O) groups excluding carboxylic acids is 2. The van der Waals surface area contributed by atoms with Crippen molar-refractivity contribution in [3.05, 3.63) is 34.9 Å². The molecular weight excluding hydrogens is 228 g/mol. The fourth-order valence-corrected chi connectivity index (χ4v) is 1.21. The van der Waals surface area contributed by atoms with Crippen LogP contribution in [0.3, 0.4) is 0 Å². The Hall–Kier alpha value is -1.35. The molecule has 3 nitrogen and oxygen atoms in total. The number of rotatable bonds is 5. The lowest BCUT2D eigenvalue weighted by molar-refractivity contribution is -0.147. The summed E-state index contributed by atoms with van der Waals surface area (Å²) in [4.78, 5) is 22.1. The second-order valence-corrected chi connectivity index (χ2v) is 3.79. The molecule has 0 N–H and O–H groups in total. The Bertz CT molecular complexity index is 370.